The topological polar surface area (TPSA) is 42.7 Å². The SMILES string of the molecule is Cc1nnc(CNCC2CC2)n1C(C)C. The normalized spacial score (nSPS) is 16.3. The van der Waals surface area contributed by atoms with Crippen LogP contribution in [0, 0.1) is 12.8 Å². The van der Waals surface area contributed by atoms with Gasteiger partial charge in [-0.15, -0.1) is 10.2 Å². The van der Waals surface area contributed by atoms with Gasteiger partial charge < -0.3 is 9.88 Å². The van der Waals surface area contributed by atoms with Crippen LogP contribution in [0.2, 0.25) is 0 Å². The molecule has 4 nitrogen and oxygen atoms in total. The summed E-state index contributed by atoms with van der Waals surface area (Å²) in [5, 5.41) is 11.8. The monoisotopic (exact) mass is 208 g/mol. The van der Waals surface area contributed by atoms with E-state index in [9.17, 15) is 0 Å². The van der Waals surface area contributed by atoms with E-state index in [-0.39, 0.29) is 0 Å². The summed E-state index contributed by atoms with van der Waals surface area (Å²) < 4.78 is 2.19. The summed E-state index contributed by atoms with van der Waals surface area (Å²) in [5.74, 6) is 2.98. The lowest BCUT2D eigenvalue weighted by molar-refractivity contribution is 0.526. The molecular formula is C11H20N4. The van der Waals surface area contributed by atoms with E-state index in [1.165, 1.54) is 12.8 Å². The Hall–Kier alpha value is -0.900. The van der Waals surface area contributed by atoms with Crippen molar-refractivity contribution in [3.63, 3.8) is 0 Å². The molecule has 0 aromatic carbocycles. The lowest BCUT2D eigenvalue weighted by Gasteiger charge is -2.12. The van der Waals surface area contributed by atoms with Gasteiger partial charge in [0.25, 0.3) is 0 Å². The summed E-state index contributed by atoms with van der Waals surface area (Å²) >= 11 is 0. The molecule has 84 valence electrons. The summed E-state index contributed by atoms with van der Waals surface area (Å²) in [6.07, 6.45) is 2.78. The fourth-order valence-corrected chi connectivity index (χ4v) is 1.92. The van der Waals surface area contributed by atoms with Gasteiger partial charge in [0.2, 0.25) is 0 Å². The van der Waals surface area contributed by atoms with Gasteiger partial charge in [-0.05, 0) is 46.1 Å². The molecule has 0 radical (unpaired) electrons. The third kappa shape index (κ3) is 2.56. The van der Waals surface area contributed by atoms with Crippen molar-refractivity contribution in [1.82, 2.24) is 20.1 Å². The van der Waals surface area contributed by atoms with E-state index < -0.39 is 0 Å². The first-order chi connectivity index (χ1) is 7.18. The van der Waals surface area contributed by atoms with Crippen LogP contribution < -0.4 is 5.32 Å². The molecule has 0 unspecified atom stereocenters. The van der Waals surface area contributed by atoms with Gasteiger partial charge >= 0.3 is 0 Å². The van der Waals surface area contributed by atoms with Crippen LogP contribution in [0.25, 0.3) is 0 Å². The smallest absolute Gasteiger partial charge is 0.147 e. The highest BCUT2D eigenvalue weighted by Gasteiger charge is 2.20. The third-order valence-corrected chi connectivity index (χ3v) is 2.87. The van der Waals surface area contributed by atoms with Gasteiger partial charge in [0.1, 0.15) is 11.6 Å². The molecule has 4 heteroatoms. The van der Waals surface area contributed by atoms with Gasteiger partial charge in [0.05, 0.1) is 6.54 Å². The molecule has 0 atom stereocenters. The number of aryl methyl sites for hydroxylation is 1. The molecule has 0 saturated heterocycles. The van der Waals surface area contributed by atoms with Gasteiger partial charge in [-0.1, -0.05) is 0 Å². The first-order valence-corrected chi connectivity index (χ1v) is 5.79. The second-order valence-corrected chi connectivity index (χ2v) is 4.70. The van der Waals surface area contributed by atoms with Gasteiger partial charge in [0.15, 0.2) is 0 Å². The second kappa shape index (κ2) is 4.31. The Morgan fingerprint density at radius 3 is 2.73 bits per heavy atom. The molecule has 1 aliphatic rings. The quantitative estimate of drug-likeness (QED) is 0.800. The summed E-state index contributed by atoms with van der Waals surface area (Å²) in [5.41, 5.74) is 0. The van der Waals surface area contributed by atoms with Gasteiger partial charge in [-0.2, -0.15) is 0 Å². The number of hydrogen-bond donors (Lipinski definition) is 1. The summed E-state index contributed by atoms with van der Waals surface area (Å²) in [6.45, 7) is 8.32. The third-order valence-electron chi connectivity index (χ3n) is 2.87. The van der Waals surface area contributed by atoms with E-state index in [1.54, 1.807) is 0 Å². The van der Waals surface area contributed by atoms with Crippen LogP contribution in [0.1, 0.15) is 44.4 Å². The molecule has 0 spiro atoms. The molecule has 0 amide bonds. The lowest BCUT2D eigenvalue weighted by atomic mass is 10.3. The highest BCUT2D eigenvalue weighted by molar-refractivity contribution is 4.96. The van der Waals surface area contributed by atoms with Crippen LogP contribution in [0.5, 0.6) is 0 Å². The Labute approximate surface area is 91.1 Å². The van der Waals surface area contributed by atoms with E-state index in [0.29, 0.717) is 6.04 Å². The predicted molar refractivity (Wildman–Crippen MR) is 59.6 cm³/mol. The van der Waals surface area contributed by atoms with Crippen molar-refractivity contribution in [3.8, 4) is 0 Å². The van der Waals surface area contributed by atoms with Crippen molar-refractivity contribution in [3.05, 3.63) is 11.6 Å². The molecule has 1 fully saturated rings. The van der Waals surface area contributed by atoms with Crippen LogP contribution >= 0.6 is 0 Å². The Kier molecular flexibility index (Phi) is 3.05. The average Bonchev–Trinajstić information content (AvgIpc) is 2.90. The number of rotatable bonds is 5. The van der Waals surface area contributed by atoms with Crippen LogP contribution in [-0.4, -0.2) is 21.3 Å². The molecule has 1 aliphatic carbocycles. The van der Waals surface area contributed by atoms with Gasteiger partial charge in [-0.25, -0.2) is 0 Å². The standard InChI is InChI=1S/C11H20N4/c1-8(2)15-9(3)13-14-11(15)7-12-6-10-4-5-10/h8,10,12H,4-7H2,1-3H3. The molecule has 2 rings (SSSR count). The maximum atomic E-state index is 4.20. The minimum atomic E-state index is 0.442. The number of nitrogens with one attached hydrogen (secondary N) is 1. The largest absolute Gasteiger partial charge is 0.312 e. The van der Waals surface area contributed by atoms with Gasteiger partial charge in [0, 0.05) is 6.04 Å². The fraction of sp³-hybridized carbons (Fsp3) is 0.818. The van der Waals surface area contributed by atoms with E-state index in [2.05, 4.69) is 33.9 Å². The minimum Gasteiger partial charge on any atom is -0.312 e. The van der Waals surface area contributed by atoms with Crippen molar-refractivity contribution >= 4 is 0 Å². The zero-order chi connectivity index (χ0) is 10.8. The summed E-state index contributed by atoms with van der Waals surface area (Å²) in [6, 6.07) is 0.442. The van der Waals surface area contributed by atoms with Gasteiger partial charge in [-0.3, -0.25) is 0 Å². The molecule has 1 aromatic heterocycles. The zero-order valence-electron chi connectivity index (χ0n) is 9.82. The highest BCUT2D eigenvalue weighted by atomic mass is 15.3. The average molecular weight is 208 g/mol. The second-order valence-electron chi connectivity index (χ2n) is 4.70. The first-order valence-electron chi connectivity index (χ1n) is 5.79. The number of hydrogen-bond acceptors (Lipinski definition) is 3. The van der Waals surface area contributed by atoms with E-state index in [0.717, 1.165) is 30.7 Å². The van der Waals surface area contributed by atoms with E-state index in [1.807, 2.05) is 6.92 Å². The van der Waals surface area contributed by atoms with E-state index >= 15 is 0 Å². The van der Waals surface area contributed by atoms with Crippen molar-refractivity contribution in [1.29, 1.82) is 0 Å². The van der Waals surface area contributed by atoms with Crippen LogP contribution in [0.3, 0.4) is 0 Å². The van der Waals surface area contributed by atoms with E-state index in [4.69, 9.17) is 0 Å². The zero-order valence-corrected chi connectivity index (χ0v) is 9.82. The maximum Gasteiger partial charge on any atom is 0.147 e. The van der Waals surface area contributed by atoms with Crippen LogP contribution in [0.4, 0.5) is 0 Å². The molecule has 0 aliphatic heterocycles. The number of aromatic nitrogens is 3. The molecule has 1 aromatic rings. The molecule has 0 bridgehead atoms. The highest BCUT2D eigenvalue weighted by Crippen LogP contribution is 2.27. The molecule has 1 saturated carbocycles. The minimum absolute atomic E-state index is 0.442. The molecule has 1 N–H and O–H groups in total. The maximum absolute atomic E-state index is 4.20. The molecule has 15 heavy (non-hydrogen) atoms. The lowest BCUT2D eigenvalue weighted by Crippen LogP contribution is -2.20. The Morgan fingerprint density at radius 1 is 1.40 bits per heavy atom. The Bertz CT molecular complexity index is 325. The van der Waals surface area contributed by atoms with Crippen molar-refractivity contribution in [2.45, 2.75) is 46.2 Å². The fourth-order valence-electron chi connectivity index (χ4n) is 1.92. The predicted octanol–water partition coefficient (Wildman–Crippen LogP) is 1.67. The van der Waals surface area contributed by atoms with Crippen molar-refractivity contribution < 1.29 is 0 Å². The Balaban J connectivity index is 1.93. The van der Waals surface area contributed by atoms with Crippen molar-refractivity contribution in [2.24, 2.45) is 5.92 Å². The summed E-state index contributed by atoms with van der Waals surface area (Å²) in [7, 11) is 0. The first kappa shape index (κ1) is 10.6. The van der Waals surface area contributed by atoms with Crippen LogP contribution in [0.15, 0.2) is 0 Å². The molecule has 1 heterocycles. The van der Waals surface area contributed by atoms with Crippen molar-refractivity contribution in [2.75, 3.05) is 6.54 Å². The van der Waals surface area contributed by atoms with Crippen LogP contribution in [-0.2, 0) is 6.54 Å². The molecular weight excluding hydrogens is 188 g/mol. The number of nitrogens with zero attached hydrogens (tertiary/aromatic N) is 3. The Morgan fingerprint density at radius 2 is 2.13 bits per heavy atom. The summed E-state index contributed by atoms with van der Waals surface area (Å²) in [4.78, 5) is 0.